The highest BCUT2D eigenvalue weighted by Gasteiger charge is 2.21. The van der Waals surface area contributed by atoms with Crippen LogP contribution in [0.4, 0.5) is 0 Å². The average Bonchev–Trinajstić information content (AvgIpc) is 3.27. The number of nitrogens with one attached hydrogen (secondary N) is 1. The molecule has 4 nitrogen and oxygen atoms in total. The van der Waals surface area contributed by atoms with Crippen LogP contribution in [0.5, 0.6) is 0 Å². The number of sulfonamides is 1. The summed E-state index contributed by atoms with van der Waals surface area (Å²) in [5.74, 6) is 6.07. The summed E-state index contributed by atoms with van der Waals surface area (Å²) in [6.07, 6.45) is 4.56. The van der Waals surface area contributed by atoms with Crippen LogP contribution in [0, 0.1) is 24.7 Å². The van der Waals surface area contributed by atoms with Crippen molar-refractivity contribution < 1.29 is 13.5 Å². The van der Waals surface area contributed by atoms with Crippen molar-refractivity contribution in [3.8, 4) is 11.8 Å². The fraction of sp³-hybridized carbons (Fsp3) is 0.500. The lowest BCUT2D eigenvalue weighted by Crippen LogP contribution is -2.25. The van der Waals surface area contributed by atoms with Crippen molar-refractivity contribution in [2.45, 2.75) is 37.5 Å². The van der Waals surface area contributed by atoms with Gasteiger partial charge in [-0.15, -0.1) is 0 Å². The Morgan fingerprint density at radius 3 is 2.81 bits per heavy atom. The van der Waals surface area contributed by atoms with Crippen molar-refractivity contribution >= 4 is 10.0 Å². The normalized spacial score (nSPS) is 14.6. The Morgan fingerprint density at radius 1 is 1.38 bits per heavy atom. The average molecular weight is 307 g/mol. The summed E-state index contributed by atoms with van der Waals surface area (Å²) < 4.78 is 27.3. The summed E-state index contributed by atoms with van der Waals surface area (Å²) in [5, 5.41) is 8.70. The lowest BCUT2D eigenvalue weighted by molar-refractivity contribution is 0.350. The molecule has 0 atom stereocenters. The number of aryl methyl sites for hydroxylation is 1. The second kappa shape index (κ2) is 7.08. The molecular formula is C16H21NO3S. The van der Waals surface area contributed by atoms with Crippen LogP contribution in [0.25, 0.3) is 0 Å². The lowest BCUT2D eigenvalue weighted by Gasteiger charge is -2.09. The van der Waals surface area contributed by atoms with Crippen molar-refractivity contribution in [1.29, 1.82) is 0 Å². The molecule has 0 heterocycles. The molecule has 114 valence electrons. The smallest absolute Gasteiger partial charge is 0.240 e. The minimum atomic E-state index is -3.50. The number of aliphatic hydroxyl groups is 1. The molecule has 0 amide bonds. The predicted octanol–water partition coefficient (Wildman–Crippen LogP) is 1.81. The van der Waals surface area contributed by atoms with E-state index in [4.69, 9.17) is 5.11 Å². The second-order valence-corrected chi connectivity index (χ2v) is 7.16. The Morgan fingerprint density at radius 2 is 2.14 bits per heavy atom. The Hall–Kier alpha value is -1.35. The van der Waals surface area contributed by atoms with E-state index >= 15 is 0 Å². The van der Waals surface area contributed by atoms with Crippen molar-refractivity contribution in [2.75, 3.05) is 13.2 Å². The maximum atomic E-state index is 12.3. The van der Waals surface area contributed by atoms with E-state index in [1.807, 2.05) is 0 Å². The van der Waals surface area contributed by atoms with Gasteiger partial charge in [0.25, 0.3) is 0 Å². The van der Waals surface area contributed by atoms with Gasteiger partial charge in [0.15, 0.2) is 0 Å². The molecule has 1 aromatic rings. The van der Waals surface area contributed by atoms with E-state index in [0.29, 0.717) is 17.7 Å². The first-order valence-corrected chi connectivity index (χ1v) is 8.71. The van der Waals surface area contributed by atoms with E-state index in [9.17, 15) is 8.42 Å². The van der Waals surface area contributed by atoms with Crippen LogP contribution in [0.1, 0.15) is 36.8 Å². The molecule has 2 rings (SSSR count). The van der Waals surface area contributed by atoms with Crippen LogP contribution in [0.3, 0.4) is 0 Å². The zero-order valence-electron chi connectivity index (χ0n) is 12.2. The van der Waals surface area contributed by atoms with Crippen LogP contribution in [0.2, 0.25) is 0 Å². The second-order valence-electron chi connectivity index (χ2n) is 5.42. The lowest BCUT2D eigenvalue weighted by atomic mass is 10.1. The molecule has 1 aliphatic carbocycles. The number of aliphatic hydroxyl groups excluding tert-OH is 1. The summed E-state index contributed by atoms with van der Waals surface area (Å²) >= 11 is 0. The third-order valence-electron chi connectivity index (χ3n) is 3.57. The van der Waals surface area contributed by atoms with E-state index in [1.54, 1.807) is 25.1 Å². The van der Waals surface area contributed by atoms with Crippen LogP contribution < -0.4 is 4.72 Å². The van der Waals surface area contributed by atoms with Crippen LogP contribution >= 0.6 is 0 Å². The fourth-order valence-electron chi connectivity index (χ4n) is 2.19. The van der Waals surface area contributed by atoms with Gasteiger partial charge in [-0.25, -0.2) is 13.1 Å². The minimum Gasteiger partial charge on any atom is -0.384 e. The molecule has 2 N–H and O–H groups in total. The topological polar surface area (TPSA) is 66.4 Å². The monoisotopic (exact) mass is 307 g/mol. The van der Waals surface area contributed by atoms with Gasteiger partial charge in [0.1, 0.15) is 6.61 Å². The molecule has 0 aliphatic heterocycles. The highest BCUT2D eigenvalue weighted by atomic mass is 32.2. The molecule has 21 heavy (non-hydrogen) atoms. The van der Waals surface area contributed by atoms with Crippen LogP contribution in [-0.4, -0.2) is 26.7 Å². The highest BCUT2D eigenvalue weighted by molar-refractivity contribution is 7.89. The van der Waals surface area contributed by atoms with E-state index in [1.165, 1.54) is 12.8 Å². The summed E-state index contributed by atoms with van der Waals surface area (Å²) in [4.78, 5) is 0.263. The molecule has 1 fully saturated rings. The molecule has 0 unspecified atom stereocenters. The molecule has 0 saturated heterocycles. The van der Waals surface area contributed by atoms with Gasteiger partial charge in [-0.2, -0.15) is 0 Å². The zero-order chi connectivity index (χ0) is 15.3. The Labute approximate surface area is 126 Å². The van der Waals surface area contributed by atoms with Crippen LogP contribution in [-0.2, 0) is 10.0 Å². The third kappa shape index (κ3) is 4.85. The zero-order valence-corrected chi connectivity index (χ0v) is 13.0. The van der Waals surface area contributed by atoms with E-state index in [2.05, 4.69) is 16.6 Å². The number of rotatable bonds is 6. The standard InChI is InChI=1S/C16H21NO3S/c1-13-6-7-15(5-3-11-18)12-16(13)21(19,20)17-10-2-4-14-8-9-14/h6-7,12,14,17-18H,2,4,8-11H2,1H3. The highest BCUT2D eigenvalue weighted by Crippen LogP contribution is 2.33. The van der Waals surface area contributed by atoms with Gasteiger partial charge in [-0.3, -0.25) is 0 Å². The molecule has 1 saturated carbocycles. The maximum Gasteiger partial charge on any atom is 0.240 e. The first-order chi connectivity index (χ1) is 10.0. The van der Waals surface area contributed by atoms with E-state index < -0.39 is 10.0 Å². The molecule has 1 aliphatic rings. The van der Waals surface area contributed by atoms with Gasteiger partial charge < -0.3 is 5.11 Å². The van der Waals surface area contributed by atoms with Gasteiger partial charge in [-0.05, 0) is 43.4 Å². The Kier molecular flexibility index (Phi) is 5.40. The van der Waals surface area contributed by atoms with Crippen LogP contribution in [0.15, 0.2) is 23.1 Å². The number of benzene rings is 1. The SMILES string of the molecule is Cc1ccc(C#CCO)cc1S(=O)(=O)NCCCC1CC1. The quantitative estimate of drug-likeness (QED) is 0.622. The molecule has 0 aromatic heterocycles. The summed E-state index contributed by atoms with van der Waals surface area (Å²) in [6, 6.07) is 5.05. The van der Waals surface area contributed by atoms with Crippen molar-refractivity contribution in [3.05, 3.63) is 29.3 Å². The van der Waals surface area contributed by atoms with Crippen molar-refractivity contribution in [3.63, 3.8) is 0 Å². The number of hydrogen-bond acceptors (Lipinski definition) is 3. The van der Waals surface area contributed by atoms with Gasteiger partial charge in [0.05, 0.1) is 4.90 Å². The maximum absolute atomic E-state index is 12.3. The molecule has 0 radical (unpaired) electrons. The van der Waals surface area contributed by atoms with Crippen molar-refractivity contribution in [2.24, 2.45) is 5.92 Å². The molecule has 5 heteroatoms. The summed E-state index contributed by atoms with van der Waals surface area (Å²) in [7, 11) is -3.50. The third-order valence-corrected chi connectivity index (χ3v) is 5.17. The Balaban J connectivity index is 2.06. The molecular weight excluding hydrogens is 286 g/mol. The molecule has 1 aromatic carbocycles. The van der Waals surface area contributed by atoms with Gasteiger partial charge >= 0.3 is 0 Å². The largest absolute Gasteiger partial charge is 0.384 e. The molecule has 0 bridgehead atoms. The fourth-order valence-corrected chi connectivity index (χ4v) is 3.53. The van der Waals surface area contributed by atoms with Gasteiger partial charge in [-0.1, -0.05) is 30.7 Å². The van der Waals surface area contributed by atoms with E-state index in [-0.39, 0.29) is 11.5 Å². The van der Waals surface area contributed by atoms with Crippen molar-refractivity contribution in [1.82, 2.24) is 4.72 Å². The first-order valence-electron chi connectivity index (χ1n) is 7.23. The van der Waals surface area contributed by atoms with Gasteiger partial charge in [0.2, 0.25) is 10.0 Å². The van der Waals surface area contributed by atoms with E-state index in [0.717, 1.165) is 18.8 Å². The first kappa shape index (κ1) is 16.0. The predicted molar refractivity (Wildman–Crippen MR) is 82.3 cm³/mol. The summed E-state index contributed by atoms with van der Waals surface area (Å²) in [5.41, 5.74) is 1.28. The number of hydrogen-bond donors (Lipinski definition) is 2. The Bertz CT molecular complexity index is 652. The molecule has 0 spiro atoms. The van der Waals surface area contributed by atoms with Gasteiger partial charge in [0, 0.05) is 12.1 Å². The summed E-state index contributed by atoms with van der Waals surface area (Å²) in [6.45, 7) is 2.00. The minimum absolute atomic E-state index is 0.241.